The van der Waals surface area contributed by atoms with Crippen molar-refractivity contribution in [3.63, 3.8) is 0 Å². The lowest BCUT2D eigenvalue weighted by atomic mass is 9.96. The Kier molecular flexibility index (Phi) is 4.01. The second kappa shape index (κ2) is 4.97. The van der Waals surface area contributed by atoms with Gasteiger partial charge in [0.1, 0.15) is 0 Å². The fraction of sp³-hybridized carbons (Fsp3) is 0.417. The highest BCUT2D eigenvalue weighted by molar-refractivity contribution is 5.95. The third-order valence-corrected chi connectivity index (χ3v) is 2.85. The average Bonchev–Trinajstić information content (AvgIpc) is 2.25. The number of halogens is 3. The van der Waals surface area contributed by atoms with Crippen molar-refractivity contribution in [2.24, 2.45) is 5.73 Å². The zero-order valence-corrected chi connectivity index (χ0v) is 10.4. The summed E-state index contributed by atoms with van der Waals surface area (Å²) in [5.74, 6) is -5.35. The molecular formula is C12H15F3N2O. The van der Waals surface area contributed by atoms with E-state index in [0.29, 0.717) is 6.07 Å². The number of hydrogen-bond donors (Lipinski definition) is 2. The van der Waals surface area contributed by atoms with Gasteiger partial charge >= 0.3 is 0 Å². The Bertz CT molecular complexity index is 473. The maximum atomic E-state index is 13.4. The number of nitrogens with one attached hydrogen (secondary N) is 1. The predicted molar refractivity (Wildman–Crippen MR) is 61.5 cm³/mol. The van der Waals surface area contributed by atoms with E-state index < -0.39 is 40.5 Å². The van der Waals surface area contributed by atoms with E-state index >= 15 is 0 Å². The maximum absolute atomic E-state index is 13.4. The molecule has 1 aromatic carbocycles. The van der Waals surface area contributed by atoms with Gasteiger partial charge in [-0.3, -0.25) is 4.79 Å². The summed E-state index contributed by atoms with van der Waals surface area (Å²) in [7, 11) is 0. The minimum Gasteiger partial charge on any atom is -0.346 e. The van der Waals surface area contributed by atoms with Crippen LogP contribution < -0.4 is 11.1 Å². The number of benzene rings is 1. The molecule has 0 bridgehead atoms. The van der Waals surface area contributed by atoms with Crippen molar-refractivity contribution in [1.29, 1.82) is 0 Å². The molecule has 1 aromatic rings. The van der Waals surface area contributed by atoms with E-state index in [1.54, 1.807) is 20.8 Å². The molecule has 1 atom stereocenters. The summed E-state index contributed by atoms with van der Waals surface area (Å²) < 4.78 is 39.1. The third-order valence-electron chi connectivity index (χ3n) is 2.85. The fourth-order valence-electron chi connectivity index (χ4n) is 1.18. The Morgan fingerprint density at radius 2 is 1.83 bits per heavy atom. The zero-order chi connectivity index (χ0) is 14.1. The molecule has 0 aliphatic rings. The predicted octanol–water partition coefficient (Wildman–Crippen LogP) is 1.96. The molecule has 0 saturated carbocycles. The second-order valence-electron chi connectivity index (χ2n) is 4.69. The smallest absolute Gasteiger partial charge is 0.254 e. The van der Waals surface area contributed by atoms with Gasteiger partial charge < -0.3 is 11.1 Å². The molecular weight excluding hydrogens is 245 g/mol. The summed E-state index contributed by atoms with van der Waals surface area (Å²) in [5.41, 5.74) is 4.30. The van der Waals surface area contributed by atoms with Crippen LogP contribution in [0.1, 0.15) is 31.1 Å². The summed E-state index contributed by atoms with van der Waals surface area (Å²) in [4.78, 5) is 11.8. The van der Waals surface area contributed by atoms with Crippen molar-refractivity contribution in [2.75, 3.05) is 0 Å². The minimum atomic E-state index is -1.67. The largest absolute Gasteiger partial charge is 0.346 e. The molecule has 0 saturated heterocycles. The highest BCUT2D eigenvalue weighted by Crippen LogP contribution is 2.16. The summed E-state index contributed by atoms with van der Waals surface area (Å²) in [6, 6.07) is 1.20. The Balaban J connectivity index is 3.03. The molecule has 3 nitrogen and oxygen atoms in total. The number of nitrogens with two attached hydrogens (primary N) is 1. The number of carbonyl (C=O) groups is 1. The molecule has 0 aromatic heterocycles. The molecule has 1 amide bonds. The Labute approximate surface area is 103 Å². The van der Waals surface area contributed by atoms with Gasteiger partial charge in [-0.15, -0.1) is 0 Å². The molecule has 0 radical (unpaired) electrons. The Hall–Kier alpha value is -1.56. The number of hydrogen-bond acceptors (Lipinski definition) is 2. The molecule has 1 unspecified atom stereocenters. The van der Waals surface area contributed by atoms with E-state index in [2.05, 4.69) is 5.32 Å². The normalized spacial score (nSPS) is 13.3. The highest BCUT2D eigenvalue weighted by Gasteiger charge is 2.27. The van der Waals surface area contributed by atoms with Crippen molar-refractivity contribution in [1.82, 2.24) is 5.32 Å². The van der Waals surface area contributed by atoms with Crippen LogP contribution in [0.2, 0.25) is 0 Å². The van der Waals surface area contributed by atoms with Crippen LogP contribution in [-0.2, 0) is 0 Å². The first kappa shape index (κ1) is 14.5. The topological polar surface area (TPSA) is 55.1 Å². The monoisotopic (exact) mass is 260 g/mol. The number of carbonyl (C=O) groups excluding carboxylic acids is 1. The van der Waals surface area contributed by atoms with E-state index in [9.17, 15) is 18.0 Å². The molecule has 0 aliphatic heterocycles. The lowest BCUT2D eigenvalue weighted by Crippen LogP contribution is -2.54. The van der Waals surface area contributed by atoms with Crippen LogP contribution in [0, 0.1) is 17.5 Å². The van der Waals surface area contributed by atoms with Gasteiger partial charge in [0.05, 0.1) is 5.56 Å². The first-order chi connectivity index (χ1) is 8.16. The molecule has 0 fully saturated rings. The SMILES string of the molecule is CC(N)C(C)(C)NC(=O)c1ccc(F)c(F)c1F. The maximum Gasteiger partial charge on any atom is 0.254 e. The molecule has 6 heteroatoms. The van der Waals surface area contributed by atoms with Gasteiger partial charge in [0.2, 0.25) is 0 Å². The second-order valence-corrected chi connectivity index (χ2v) is 4.69. The number of amides is 1. The molecule has 1 rings (SSSR count). The van der Waals surface area contributed by atoms with Gasteiger partial charge in [-0.2, -0.15) is 0 Å². The standard InChI is InChI=1S/C12H15F3N2O/c1-6(16)12(2,3)17-11(18)7-4-5-8(13)10(15)9(7)14/h4-6H,16H2,1-3H3,(H,17,18). The third kappa shape index (κ3) is 2.81. The molecule has 3 N–H and O–H groups in total. The lowest BCUT2D eigenvalue weighted by molar-refractivity contribution is 0.0898. The van der Waals surface area contributed by atoms with Crippen LogP contribution in [0.25, 0.3) is 0 Å². The molecule has 18 heavy (non-hydrogen) atoms. The van der Waals surface area contributed by atoms with Crippen LogP contribution in [0.5, 0.6) is 0 Å². The summed E-state index contributed by atoms with van der Waals surface area (Å²) in [6.07, 6.45) is 0. The highest BCUT2D eigenvalue weighted by atomic mass is 19.2. The summed E-state index contributed by atoms with van der Waals surface area (Å²) in [6.45, 7) is 4.96. The van der Waals surface area contributed by atoms with Gasteiger partial charge in [-0.1, -0.05) is 0 Å². The van der Waals surface area contributed by atoms with Crippen molar-refractivity contribution in [2.45, 2.75) is 32.4 Å². The first-order valence-corrected chi connectivity index (χ1v) is 5.38. The van der Waals surface area contributed by atoms with Gasteiger partial charge in [0, 0.05) is 11.6 Å². The van der Waals surface area contributed by atoms with Crippen molar-refractivity contribution in [3.05, 3.63) is 35.1 Å². The van der Waals surface area contributed by atoms with Crippen LogP contribution in [0.3, 0.4) is 0 Å². The summed E-state index contributed by atoms with van der Waals surface area (Å²) >= 11 is 0. The van der Waals surface area contributed by atoms with Crippen molar-refractivity contribution in [3.8, 4) is 0 Å². The van der Waals surface area contributed by atoms with E-state index in [-0.39, 0.29) is 0 Å². The minimum absolute atomic E-state index is 0.394. The quantitative estimate of drug-likeness (QED) is 0.816. The van der Waals surface area contributed by atoms with Gasteiger partial charge in [-0.05, 0) is 32.9 Å². The molecule has 0 heterocycles. The Morgan fingerprint density at radius 3 is 2.33 bits per heavy atom. The molecule has 0 aliphatic carbocycles. The Morgan fingerprint density at radius 1 is 1.28 bits per heavy atom. The zero-order valence-electron chi connectivity index (χ0n) is 10.4. The van der Waals surface area contributed by atoms with Crippen LogP contribution in [0.4, 0.5) is 13.2 Å². The van der Waals surface area contributed by atoms with Crippen LogP contribution >= 0.6 is 0 Å². The fourth-order valence-corrected chi connectivity index (χ4v) is 1.18. The first-order valence-electron chi connectivity index (χ1n) is 5.38. The van der Waals surface area contributed by atoms with Gasteiger partial charge in [0.25, 0.3) is 5.91 Å². The molecule has 100 valence electrons. The molecule has 0 spiro atoms. The lowest BCUT2D eigenvalue weighted by Gasteiger charge is -2.30. The number of rotatable bonds is 3. The van der Waals surface area contributed by atoms with Crippen LogP contribution in [0.15, 0.2) is 12.1 Å². The van der Waals surface area contributed by atoms with E-state index in [1.165, 1.54) is 0 Å². The van der Waals surface area contributed by atoms with Gasteiger partial charge in [-0.25, -0.2) is 13.2 Å². The van der Waals surface area contributed by atoms with Crippen molar-refractivity contribution < 1.29 is 18.0 Å². The average molecular weight is 260 g/mol. The van der Waals surface area contributed by atoms with Crippen molar-refractivity contribution >= 4 is 5.91 Å². The van der Waals surface area contributed by atoms with E-state index in [1.807, 2.05) is 0 Å². The van der Waals surface area contributed by atoms with E-state index in [4.69, 9.17) is 5.73 Å². The summed E-state index contributed by atoms with van der Waals surface area (Å²) in [5, 5.41) is 2.47. The van der Waals surface area contributed by atoms with Crippen LogP contribution in [-0.4, -0.2) is 17.5 Å². The van der Waals surface area contributed by atoms with E-state index in [0.717, 1.165) is 6.07 Å². The van der Waals surface area contributed by atoms with Gasteiger partial charge in [0.15, 0.2) is 17.5 Å².